The molecule has 0 spiro atoms. The Morgan fingerprint density at radius 1 is 1.07 bits per heavy atom. The van der Waals surface area contributed by atoms with Crippen LogP contribution in [-0.4, -0.2) is 37.4 Å². The second-order valence-electron chi connectivity index (χ2n) is 5.76. The molecule has 0 atom stereocenters. The van der Waals surface area contributed by atoms with Gasteiger partial charge < -0.3 is 9.15 Å². The maximum absolute atomic E-state index is 12.3. The molecule has 3 aromatic rings. The van der Waals surface area contributed by atoms with Gasteiger partial charge in [0.1, 0.15) is 11.5 Å². The van der Waals surface area contributed by atoms with E-state index in [1.54, 1.807) is 0 Å². The van der Waals surface area contributed by atoms with Crippen LogP contribution in [0.4, 0.5) is 6.01 Å². The van der Waals surface area contributed by atoms with Crippen LogP contribution in [0.25, 0.3) is 11.5 Å². The lowest BCUT2D eigenvalue weighted by Crippen LogP contribution is -2.23. The highest BCUT2D eigenvalue weighted by molar-refractivity contribution is 7.92. The zero-order valence-corrected chi connectivity index (χ0v) is 15.5. The standard InChI is InChI=1S/C18H17N3O5S/c1-12-3-5-13(6-4-12)17-20-21-18(26-17)19-16(22)11-27(23,24)15-9-7-14(25-2)8-10-15/h3-10H,11H2,1-2H3,(H,19,21,22). The molecule has 0 bridgehead atoms. The van der Waals surface area contributed by atoms with Crippen molar-refractivity contribution in [3.8, 4) is 17.2 Å². The van der Waals surface area contributed by atoms with E-state index in [2.05, 4.69) is 15.5 Å². The molecule has 8 nitrogen and oxygen atoms in total. The van der Waals surface area contributed by atoms with Crippen molar-refractivity contribution in [2.75, 3.05) is 18.2 Å². The number of methoxy groups -OCH3 is 1. The minimum atomic E-state index is -3.81. The number of carbonyl (C=O) groups excluding carboxylic acids is 1. The average molecular weight is 387 g/mol. The third-order valence-corrected chi connectivity index (χ3v) is 5.34. The van der Waals surface area contributed by atoms with Crippen LogP contribution in [0.2, 0.25) is 0 Å². The number of nitrogens with one attached hydrogen (secondary N) is 1. The number of anilines is 1. The fourth-order valence-electron chi connectivity index (χ4n) is 2.28. The Labute approximate surface area is 156 Å². The van der Waals surface area contributed by atoms with Gasteiger partial charge in [0.15, 0.2) is 9.84 Å². The van der Waals surface area contributed by atoms with Gasteiger partial charge in [-0.2, -0.15) is 0 Å². The number of rotatable bonds is 6. The number of hydrogen-bond donors (Lipinski definition) is 1. The van der Waals surface area contributed by atoms with E-state index < -0.39 is 21.5 Å². The maximum Gasteiger partial charge on any atom is 0.322 e. The van der Waals surface area contributed by atoms with Gasteiger partial charge in [0, 0.05) is 5.56 Å². The predicted molar refractivity (Wildman–Crippen MR) is 98.1 cm³/mol. The SMILES string of the molecule is COc1ccc(S(=O)(=O)CC(=O)Nc2nnc(-c3ccc(C)cc3)o2)cc1. The highest BCUT2D eigenvalue weighted by Crippen LogP contribution is 2.21. The summed E-state index contributed by atoms with van der Waals surface area (Å²) in [5, 5.41) is 9.88. The summed E-state index contributed by atoms with van der Waals surface area (Å²) in [6.45, 7) is 1.95. The maximum atomic E-state index is 12.3. The molecule has 1 aromatic heterocycles. The number of benzene rings is 2. The zero-order chi connectivity index (χ0) is 19.4. The number of hydrogen-bond acceptors (Lipinski definition) is 7. The monoisotopic (exact) mass is 387 g/mol. The Hall–Kier alpha value is -3.20. The van der Waals surface area contributed by atoms with E-state index in [0.717, 1.165) is 5.56 Å². The first-order valence-electron chi connectivity index (χ1n) is 7.94. The van der Waals surface area contributed by atoms with E-state index in [9.17, 15) is 13.2 Å². The Kier molecular flexibility index (Phi) is 5.22. The van der Waals surface area contributed by atoms with Crippen molar-refractivity contribution in [2.24, 2.45) is 0 Å². The molecular formula is C18H17N3O5S. The predicted octanol–water partition coefficient (Wildman–Crippen LogP) is 2.47. The number of aryl methyl sites for hydroxylation is 1. The van der Waals surface area contributed by atoms with Crippen molar-refractivity contribution < 1.29 is 22.4 Å². The summed E-state index contributed by atoms with van der Waals surface area (Å²) < 4.78 is 35.0. The summed E-state index contributed by atoms with van der Waals surface area (Å²) in [6.07, 6.45) is 0. The third kappa shape index (κ3) is 4.50. The van der Waals surface area contributed by atoms with Crippen molar-refractivity contribution >= 4 is 21.8 Å². The average Bonchev–Trinajstić information content (AvgIpc) is 3.10. The van der Waals surface area contributed by atoms with E-state index in [4.69, 9.17) is 9.15 Å². The molecule has 140 valence electrons. The molecule has 0 fully saturated rings. The molecule has 0 aliphatic carbocycles. The molecule has 9 heteroatoms. The molecule has 27 heavy (non-hydrogen) atoms. The number of ether oxygens (including phenoxy) is 1. The first-order valence-corrected chi connectivity index (χ1v) is 9.60. The molecule has 0 aliphatic heterocycles. The van der Waals surface area contributed by atoms with E-state index in [1.165, 1.54) is 31.4 Å². The van der Waals surface area contributed by atoms with E-state index in [-0.39, 0.29) is 16.8 Å². The van der Waals surface area contributed by atoms with Crippen molar-refractivity contribution in [2.45, 2.75) is 11.8 Å². The van der Waals surface area contributed by atoms with E-state index in [1.807, 2.05) is 31.2 Å². The molecule has 1 amide bonds. The Morgan fingerprint density at radius 3 is 2.37 bits per heavy atom. The zero-order valence-electron chi connectivity index (χ0n) is 14.7. The van der Waals surface area contributed by atoms with Crippen LogP contribution >= 0.6 is 0 Å². The summed E-state index contributed by atoms with van der Waals surface area (Å²) in [5.74, 6) is -0.775. The lowest BCUT2D eigenvalue weighted by molar-refractivity contribution is -0.114. The molecule has 0 saturated heterocycles. The van der Waals surface area contributed by atoms with Gasteiger partial charge in [-0.05, 0) is 43.3 Å². The molecule has 0 unspecified atom stereocenters. The summed E-state index contributed by atoms with van der Waals surface area (Å²) in [4.78, 5) is 12.1. The van der Waals surface area contributed by atoms with Crippen LogP contribution in [0.15, 0.2) is 57.8 Å². The molecule has 2 aromatic carbocycles. The number of aromatic nitrogens is 2. The van der Waals surface area contributed by atoms with Gasteiger partial charge in [0.25, 0.3) is 0 Å². The van der Waals surface area contributed by atoms with Gasteiger partial charge >= 0.3 is 6.01 Å². The smallest absolute Gasteiger partial charge is 0.322 e. The van der Waals surface area contributed by atoms with Crippen LogP contribution in [0.3, 0.4) is 0 Å². The van der Waals surface area contributed by atoms with E-state index >= 15 is 0 Å². The fraction of sp³-hybridized carbons (Fsp3) is 0.167. The van der Waals surface area contributed by atoms with Crippen molar-refractivity contribution in [3.05, 3.63) is 54.1 Å². The fourth-order valence-corrected chi connectivity index (χ4v) is 3.42. The Balaban J connectivity index is 1.67. The van der Waals surface area contributed by atoms with Gasteiger partial charge in [-0.25, -0.2) is 8.42 Å². The number of amides is 1. The lowest BCUT2D eigenvalue weighted by Gasteiger charge is -2.05. The summed E-state index contributed by atoms with van der Waals surface area (Å²) in [6, 6.07) is 13.0. The number of carbonyl (C=O) groups is 1. The first kappa shape index (κ1) is 18.6. The topological polar surface area (TPSA) is 111 Å². The van der Waals surface area contributed by atoms with Gasteiger partial charge in [0.2, 0.25) is 11.8 Å². The van der Waals surface area contributed by atoms with Crippen LogP contribution in [0.5, 0.6) is 5.75 Å². The molecule has 1 heterocycles. The molecule has 0 saturated carbocycles. The molecule has 0 radical (unpaired) electrons. The molecule has 3 rings (SSSR count). The van der Waals surface area contributed by atoms with Crippen molar-refractivity contribution in [1.82, 2.24) is 10.2 Å². The van der Waals surface area contributed by atoms with Crippen LogP contribution in [-0.2, 0) is 14.6 Å². The minimum Gasteiger partial charge on any atom is -0.497 e. The van der Waals surface area contributed by atoms with E-state index in [0.29, 0.717) is 11.3 Å². The number of nitrogens with zero attached hydrogens (tertiary/aromatic N) is 2. The molecule has 0 aliphatic rings. The summed E-state index contributed by atoms with van der Waals surface area (Å²) in [5.41, 5.74) is 1.77. The van der Waals surface area contributed by atoms with Gasteiger partial charge in [-0.3, -0.25) is 10.1 Å². The highest BCUT2D eigenvalue weighted by atomic mass is 32.2. The minimum absolute atomic E-state index is 0.0179. The van der Waals surface area contributed by atoms with Crippen molar-refractivity contribution in [1.29, 1.82) is 0 Å². The largest absolute Gasteiger partial charge is 0.497 e. The number of sulfone groups is 1. The lowest BCUT2D eigenvalue weighted by atomic mass is 10.1. The summed E-state index contributed by atoms with van der Waals surface area (Å²) >= 11 is 0. The Morgan fingerprint density at radius 2 is 1.74 bits per heavy atom. The second-order valence-corrected chi connectivity index (χ2v) is 7.75. The van der Waals surface area contributed by atoms with Crippen LogP contribution in [0, 0.1) is 6.92 Å². The summed E-state index contributed by atoms with van der Waals surface area (Å²) in [7, 11) is -2.33. The van der Waals surface area contributed by atoms with Gasteiger partial charge in [-0.15, -0.1) is 5.10 Å². The Bertz CT molecular complexity index is 1040. The van der Waals surface area contributed by atoms with Gasteiger partial charge in [0.05, 0.1) is 12.0 Å². The van der Waals surface area contributed by atoms with Gasteiger partial charge in [-0.1, -0.05) is 22.8 Å². The first-order chi connectivity index (χ1) is 12.9. The third-order valence-electron chi connectivity index (χ3n) is 3.71. The molecular weight excluding hydrogens is 370 g/mol. The van der Waals surface area contributed by atoms with Crippen LogP contribution in [0.1, 0.15) is 5.56 Å². The van der Waals surface area contributed by atoms with Crippen molar-refractivity contribution in [3.63, 3.8) is 0 Å². The molecule has 1 N–H and O–H groups in total. The quantitative estimate of drug-likeness (QED) is 0.691. The normalized spacial score (nSPS) is 11.2. The second kappa shape index (κ2) is 7.58. The highest BCUT2D eigenvalue weighted by Gasteiger charge is 2.21. The van der Waals surface area contributed by atoms with Crippen LogP contribution < -0.4 is 10.1 Å².